The van der Waals surface area contributed by atoms with Crippen molar-refractivity contribution in [3.8, 4) is 11.4 Å². The van der Waals surface area contributed by atoms with Gasteiger partial charge in [0.2, 0.25) is 0 Å². The molecule has 0 bridgehead atoms. The van der Waals surface area contributed by atoms with Gasteiger partial charge < -0.3 is 14.2 Å². The highest BCUT2D eigenvalue weighted by molar-refractivity contribution is 5.80. The standard InChI is InChI=1S/C21H27FN4O/c1-5-25(15(3)4)20-10-7-16(14-23-20)21-24-18-9-8-17(22)13-19(18)26(21)11-12-27-6-2/h7-10,13-15H,5-6,11-12H2,1-4H3. The Hall–Kier alpha value is -2.47. The summed E-state index contributed by atoms with van der Waals surface area (Å²) in [5.74, 6) is 1.46. The van der Waals surface area contributed by atoms with E-state index in [1.54, 1.807) is 6.07 Å². The van der Waals surface area contributed by atoms with Crippen molar-refractivity contribution in [1.29, 1.82) is 0 Å². The third kappa shape index (κ3) is 4.11. The lowest BCUT2D eigenvalue weighted by Gasteiger charge is -2.26. The summed E-state index contributed by atoms with van der Waals surface area (Å²) in [4.78, 5) is 11.6. The molecule has 0 radical (unpaired) electrons. The van der Waals surface area contributed by atoms with Crippen molar-refractivity contribution in [1.82, 2.24) is 14.5 Å². The number of hydrogen-bond acceptors (Lipinski definition) is 4. The van der Waals surface area contributed by atoms with Gasteiger partial charge in [0.1, 0.15) is 17.5 Å². The van der Waals surface area contributed by atoms with Crippen LogP contribution in [0.4, 0.5) is 10.2 Å². The largest absolute Gasteiger partial charge is 0.380 e. The molecule has 3 aromatic rings. The van der Waals surface area contributed by atoms with Crippen molar-refractivity contribution in [3.63, 3.8) is 0 Å². The van der Waals surface area contributed by atoms with Gasteiger partial charge in [0, 0.05) is 37.5 Å². The Morgan fingerprint density at radius 2 is 2.00 bits per heavy atom. The molecular weight excluding hydrogens is 343 g/mol. The molecule has 3 rings (SSSR count). The van der Waals surface area contributed by atoms with Crippen molar-refractivity contribution in [3.05, 3.63) is 42.3 Å². The van der Waals surface area contributed by atoms with Crippen molar-refractivity contribution >= 4 is 16.9 Å². The molecule has 1 aromatic carbocycles. The molecule has 2 aromatic heterocycles. The lowest BCUT2D eigenvalue weighted by molar-refractivity contribution is 0.140. The van der Waals surface area contributed by atoms with Crippen LogP contribution in [0.2, 0.25) is 0 Å². The Kier molecular flexibility index (Phi) is 6.06. The zero-order valence-corrected chi connectivity index (χ0v) is 16.4. The van der Waals surface area contributed by atoms with Crippen LogP contribution < -0.4 is 4.90 Å². The van der Waals surface area contributed by atoms with E-state index in [4.69, 9.17) is 9.72 Å². The molecule has 0 atom stereocenters. The van der Waals surface area contributed by atoms with Gasteiger partial charge in [0.25, 0.3) is 0 Å². The van der Waals surface area contributed by atoms with Gasteiger partial charge in [-0.3, -0.25) is 0 Å². The number of halogens is 1. The molecule has 144 valence electrons. The van der Waals surface area contributed by atoms with Gasteiger partial charge in [0.05, 0.1) is 17.6 Å². The van der Waals surface area contributed by atoms with Crippen LogP contribution in [-0.2, 0) is 11.3 Å². The van der Waals surface area contributed by atoms with E-state index in [1.807, 2.05) is 29.8 Å². The maximum atomic E-state index is 13.8. The Labute approximate surface area is 159 Å². The minimum atomic E-state index is -0.268. The fourth-order valence-electron chi connectivity index (χ4n) is 3.32. The summed E-state index contributed by atoms with van der Waals surface area (Å²) in [6.45, 7) is 11.1. The minimum absolute atomic E-state index is 0.268. The van der Waals surface area contributed by atoms with Crippen molar-refractivity contribution in [2.45, 2.75) is 40.3 Å². The molecule has 0 aliphatic rings. The molecule has 0 unspecified atom stereocenters. The number of hydrogen-bond donors (Lipinski definition) is 0. The van der Waals surface area contributed by atoms with Gasteiger partial charge in [-0.15, -0.1) is 0 Å². The number of benzene rings is 1. The first kappa shape index (κ1) is 19.3. The predicted octanol–water partition coefficient (Wildman–Crippen LogP) is 4.51. The summed E-state index contributed by atoms with van der Waals surface area (Å²) < 4.78 is 21.3. The molecule has 0 spiro atoms. The summed E-state index contributed by atoms with van der Waals surface area (Å²) in [5, 5.41) is 0. The predicted molar refractivity (Wildman–Crippen MR) is 108 cm³/mol. The van der Waals surface area contributed by atoms with E-state index in [9.17, 15) is 4.39 Å². The Morgan fingerprint density at radius 1 is 1.19 bits per heavy atom. The summed E-state index contributed by atoms with van der Waals surface area (Å²) in [6.07, 6.45) is 1.84. The number of aromatic nitrogens is 3. The second kappa shape index (κ2) is 8.48. The van der Waals surface area contributed by atoms with E-state index in [-0.39, 0.29) is 5.82 Å². The number of pyridine rings is 1. The molecule has 0 saturated heterocycles. The monoisotopic (exact) mass is 370 g/mol. The molecule has 0 aliphatic carbocycles. The normalized spacial score (nSPS) is 11.5. The number of fused-ring (bicyclic) bond motifs is 1. The van der Waals surface area contributed by atoms with E-state index in [0.717, 1.165) is 34.8 Å². The minimum Gasteiger partial charge on any atom is -0.380 e. The molecular formula is C21H27FN4O. The second-order valence-electron chi connectivity index (χ2n) is 6.70. The van der Waals surface area contributed by atoms with Crippen molar-refractivity contribution in [2.24, 2.45) is 0 Å². The van der Waals surface area contributed by atoms with E-state index < -0.39 is 0 Å². The summed E-state index contributed by atoms with van der Waals surface area (Å²) in [5.41, 5.74) is 2.45. The topological polar surface area (TPSA) is 43.2 Å². The second-order valence-corrected chi connectivity index (χ2v) is 6.70. The van der Waals surface area contributed by atoms with Crippen LogP contribution in [0.3, 0.4) is 0 Å². The highest BCUT2D eigenvalue weighted by Crippen LogP contribution is 2.26. The van der Waals surface area contributed by atoms with E-state index in [2.05, 4.69) is 30.7 Å². The summed E-state index contributed by atoms with van der Waals surface area (Å²) in [6, 6.07) is 9.11. The Bertz CT molecular complexity index is 889. The van der Waals surface area contributed by atoms with Gasteiger partial charge in [-0.25, -0.2) is 14.4 Å². The van der Waals surface area contributed by atoms with Gasteiger partial charge in [-0.1, -0.05) is 0 Å². The van der Waals surface area contributed by atoms with Crippen LogP contribution in [0.25, 0.3) is 22.4 Å². The highest BCUT2D eigenvalue weighted by Gasteiger charge is 2.15. The van der Waals surface area contributed by atoms with Gasteiger partial charge >= 0.3 is 0 Å². The lowest BCUT2D eigenvalue weighted by atomic mass is 10.2. The fraction of sp³-hybridized carbons (Fsp3) is 0.429. The number of nitrogens with zero attached hydrogens (tertiary/aromatic N) is 4. The van der Waals surface area contributed by atoms with Crippen LogP contribution in [0.15, 0.2) is 36.5 Å². The summed E-state index contributed by atoms with van der Waals surface area (Å²) in [7, 11) is 0. The molecule has 0 fully saturated rings. The maximum absolute atomic E-state index is 13.8. The first-order valence-corrected chi connectivity index (χ1v) is 9.51. The number of rotatable bonds is 8. The number of ether oxygens (including phenoxy) is 1. The first-order chi connectivity index (χ1) is 13.0. The Morgan fingerprint density at radius 3 is 2.63 bits per heavy atom. The van der Waals surface area contributed by atoms with Crippen LogP contribution in [0, 0.1) is 5.82 Å². The van der Waals surface area contributed by atoms with Gasteiger partial charge in [-0.05, 0) is 58.0 Å². The lowest BCUT2D eigenvalue weighted by Crippen LogP contribution is -2.30. The molecule has 0 N–H and O–H groups in total. The Balaban J connectivity index is 2.01. The molecule has 0 amide bonds. The molecule has 0 saturated carbocycles. The van der Waals surface area contributed by atoms with Crippen LogP contribution in [0.5, 0.6) is 0 Å². The maximum Gasteiger partial charge on any atom is 0.142 e. The van der Waals surface area contributed by atoms with Crippen molar-refractivity contribution in [2.75, 3.05) is 24.7 Å². The number of imidazole rings is 1. The van der Waals surface area contributed by atoms with Gasteiger partial charge in [-0.2, -0.15) is 0 Å². The average molecular weight is 370 g/mol. The molecule has 6 heteroatoms. The SMILES string of the molecule is CCOCCn1c(-c2ccc(N(CC)C(C)C)nc2)nc2ccc(F)cc21. The van der Waals surface area contributed by atoms with Crippen molar-refractivity contribution < 1.29 is 9.13 Å². The van der Waals surface area contributed by atoms with Crippen LogP contribution in [0.1, 0.15) is 27.7 Å². The quantitative estimate of drug-likeness (QED) is 0.547. The third-order valence-corrected chi connectivity index (χ3v) is 4.64. The average Bonchev–Trinajstić information content (AvgIpc) is 3.01. The first-order valence-electron chi connectivity index (χ1n) is 9.51. The van der Waals surface area contributed by atoms with Crippen LogP contribution >= 0.6 is 0 Å². The number of anilines is 1. The fourth-order valence-corrected chi connectivity index (χ4v) is 3.32. The smallest absolute Gasteiger partial charge is 0.142 e. The zero-order chi connectivity index (χ0) is 19.4. The van der Waals surface area contributed by atoms with E-state index in [0.29, 0.717) is 25.8 Å². The summed E-state index contributed by atoms with van der Waals surface area (Å²) >= 11 is 0. The molecule has 2 heterocycles. The van der Waals surface area contributed by atoms with E-state index in [1.165, 1.54) is 12.1 Å². The molecule has 5 nitrogen and oxygen atoms in total. The third-order valence-electron chi connectivity index (χ3n) is 4.64. The van der Waals surface area contributed by atoms with Gasteiger partial charge in [0.15, 0.2) is 0 Å². The molecule has 0 aliphatic heterocycles. The zero-order valence-electron chi connectivity index (χ0n) is 16.4. The highest BCUT2D eigenvalue weighted by atomic mass is 19.1. The van der Waals surface area contributed by atoms with E-state index >= 15 is 0 Å². The van der Waals surface area contributed by atoms with Crippen LogP contribution in [-0.4, -0.2) is 40.3 Å². The molecule has 27 heavy (non-hydrogen) atoms.